The number of nitro benzene ring substituents is 1. The summed E-state index contributed by atoms with van der Waals surface area (Å²) in [5.41, 5.74) is 0.951. The zero-order valence-electron chi connectivity index (χ0n) is 13.9. The van der Waals surface area contributed by atoms with Crippen LogP contribution in [0.1, 0.15) is 30.1 Å². The molecule has 0 saturated carbocycles. The van der Waals surface area contributed by atoms with Gasteiger partial charge in [0, 0.05) is 37.8 Å². The van der Waals surface area contributed by atoms with Crippen LogP contribution >= 0.6 is 0 Å². The summed E-state index contributed by atoms with van der Waals surface area (Å²) in [6, 6.07) is 4.83. The Kier molecular flexibility index (Phi) is 4.99. The normalized spacial score (nSPS) is 21.6. The lowest BCUT2D eigenvalue weighted by atomic mass is 9.99. The first-order chi connectivity index (χ1) is 11.6. The first-order valence-corrected chi connectivity index (χ1v) is 8.46. The molecule has 2 heterocycles. The summed E-state index contributed by atoms with van der Waals surface area (Å²) in [6.45, 7) is 5.94. The van der Waals surface area contributed by atoms with E-state index in [-0.39, 0.29) is 11.6 Å². The van der Waals surface area contributed by atoms with Gasteiger partial charge in [-0.25, -0.2) is 0 Å². The predicted molar refractivity (Wildman–Crippen MR) is 90.4 cm³/mol. The van der Waals surface area contributed by atoms with Crippen LogP contribution < -0.4 is 4.90 Å². The second-order valence-corrected chi connectivity index (χ2v) is 6.56. The van der Waals surface area contributed by atoms with Gasteiger partial charge in [0.2, 0.25) is 0 Å². The molecule has 1 aromatic carbocycles. The second-order valence-electron chi connectivity index (χ2n) is 6.56. The fraction of sp³-hybridized carbons (Fsp3) is 0.588. The Hall–Kier alpha value is -2.15. The van der Waals surface area contributed by atoms with Gasteiger partial charge >= 0.3 is 0 Å². The highest BCUT2D eigenvalue weighted by Crippen LogP contribution is 2.30. The lowest BCUT2D eigenvalue weighted by molar-refractivity contribution is -0.384. The number of morpholine rings is 1. The molecule has 24 heavy (non-hydrogen) atoms. The van der Waals surface area contributed by atoms with Gasteiger partial charge in [-0.2, -0.15) is 0 Å². The number of ether oxygens (including phenoxy) is 1. The number of nitro groups is 1. The molecule has 7 nitrogen and oxygen atoms in total. The van der Waals surface area contributed by atoms with E-state index in [2.05, 4.69) is 6.92 Å². The van der Waals surface area contributed by atoms with Gasteiger partial charge in [0.1, 0.15) is 5.69 Å². The third-order valence-corrected chi connectivity index (χ3v) is 4.72. The molecule has 0 bridgehead atoms. The summed E-state index contributed by atoms with van der Waals surface area (Å²) in [5.74, 6) is 0.364. The molecule has 2 fully saturated rings. The molecule has 1 aromatic rings. The molecule has 1 amide bonds. The molecule has 130 valence electrons. The van der Waals surface area contributed by atoms with Gasteiger partial charge in [0.15, 0.2) is 0 Å². The molecule has 3 rings (SSSR count). The SMILES string of the molecule is CC1CCCN(C(=O)c2ccc(N3CCOCC3)c([N+](=O)[O-])c2)C1. The van der Waals surface area contributed by atoms with E-state index in [0.717, 1.165) is 25.9 Å². The van der Waals surface area contributed by atoms with Crippen molar-refractivity contribution in [2.24, 2.45) is 5.92 Å². The van der Waals surface area contributed by atoms with Crippen molar-refractivity contribution in [3.05, 3.63) is 33.9 Å². The maximum Gasteiger partial charge on any atom is 0.293 e. The molecule has 0 spiro atoms. The third-order valence-electron chi connectivity index (χ3n) is 4.72. The van der Waals surface area contributed by atoms with Crippen LogP contribution in [0.25, 0.3) is 0 Å². The van der Waals surface area contributed by atoms with E-state index in [9.17, 15) is 14.9 Å². The zero-order valence-corrected chi connectivity index (χ0v) is 13.9. The maximum atomic E-state index is 12.7. The van der Waals surface area contributed by atoms with Crippen molar-refractivity contribution < 1.29 is 14.5 Å². The molecule has 0 aromatic heterocycles. The number of benzene rings is 1. The summed E-state index contributed by atoms with van der Waals surface area (Å²) >= 11 is 0. The lowest BCUT2D eigenvalue weighted by Gasteiger charge is -2.31. The number of carbonyl (C=O) groups excluding carboxylic acids is 1. The molecule has 7 heteroatoms. The van der Waals surface area contributed by atoms with Crippen molar-refractivity contribution in [1.82, 2.24) is 4.90 Å². The summed E-state index contributed by atoms with van der Waals surface area (Å²) in [4.78, 5) is 27.5. The van der Waals surface area contributed by atoms with E-state index in [4.69, 9.17) is 4.74 Å². The first-order valence-electron chi connectivity index (χ1n) is 8.46. The molecule has 1 atom stereocenters. The smallest absolute Gasteiger partial charge is 0.293 e. The quantitative estimate of drug-likeness (QED) is 0.627. The fourth-order valence-electron chi connectivity index (χ4n) is 3.43. The number of carbonyl (C=O) groups is 1. The van der Waals surface area contributed by atoms with Crippen molar-refractivity contribution in [2.45, 2.75) is 19.8 Å². The van der Waals surface area contributed by atoms with Gasteiger partial charge in [-0.05, 0) is 30.9 Å². The van der Waals surface area contributed by atoms with Gasteiger partial charge in [0.25, 0.3) is 11.6 Å². The van der Waals surface area contributed by atoms with Crippen LogP contribution in [-0.2, 0) is 4.74 Å². The monoisotopic (exact) mass is 333 g/mol. The van der Waals surface area contributed by atoms with Crippen LogP contribution in [0.2, 0.25) is 0 Å². The van der Waals surface area contributed by atoms with Crippen LogP contribution in [-0.4, -0.2) is 55.1 Å². The molecular formula is C17H23N3O4. The predicted octanol–water partition coefficient (Wildman–Crippen LogP) is 2.30. The van der Waals surface area contributed by atoms with Crippen molar-refractivity contribution >= 4 is 17.3 Å². The summed E-state index contributed by atoms with van der Waals surface area (Å²) in [7, 11) is 0. The Balaban J connectivity index is 1.85. The number of piperidine rings is 1. The number of anilines is 1. The Bertz CT molecular complexity index is 628. The minimum Gasteiger partial charge on any atom is -0.378 e. The molecule has 2 saturated heterocycles. The Morgan fingerprint density at radius 3 is 2.71 bits per heavy atom. The molecule has 0 N–H and O–H groups in total. The molecule has 2 aliphatic rings. The Morgan fingerprint density at radius 2 is 2.04 bits per heavy atom. The van der Waals surface area contributed by atoms with E-state index in [1.807, 2.05) is 9.80 Å². The van der Waals surface area contributed by atoms with Gasteiger partial charge in [-0.1, -0.05) is 6.92 Å². The number of likely N-dealkylation sites (tertiary alicyclic amines) is 1. The van der Waals surface area contributed by atoms with Crippen molar-refractivity contribution in [2.75, 3.05) is 44.3 Å². The zero-order chi connectivity index (χ0) is 17.1. The Morgan fingerprint density at radius 1 is 1.29 bits per heavy atom. The van der Waals surface area contributed by atoms with Gasteiger partial charge in [-0.3, -0.25) is 14.9 Å². The number of rotatable bonds is 3. The molecular weight excluding hydrogens is 310 g/mol. The van der Waals surface area contributed by atoms with E-state index in [1.54, 1.807) is 12.1 Å². The minimum absolute atomic E-state index is 0.00666. The van der Waals surface area contributed by atoms with Gasteiger partial charge in [0.05, 0.1) is 18.1 Å². The first kappa shape index (κ1) is 16.7. The van der Waals surface area contributed by atoms with Crippen LogP contribution in [0.3, 0.4) is 0 Å². The highest BCUT2D eigenvalue weighted by molar-refractivity contribution is 5.96. The maximum absolute atomic E-state index is 12.7. The summed E-state index contributed by atoms with van der Waals surface area (Å²) in [6.07, 6.45) is 2.11. The third kappa shape index (κ3) is 3.51. The highest BCUT2D eigenvalue weighted by Gasteiger charge is 2.26. The minimum atomic E-state index is -0.402. The molecule has 1 unspecified atom stereocenters. The summed E-state index contributed by atoms with van der Waals surface area (Å²) in [5, 5.41) is 11.5. The fourth-order valence-corrected chi connectivity index (χ4v) is 3.43. The summed E-state index contributed by atoms with van der Waals surface area (Å²) < 4.78 is 5.30. The number of hydrogen-bond donors (Lipinski definition) is 0. The van der Waals surface area contributed by atoms with Crippen LogP contribution in [0, 0.1) is 16.0 Å². The van der Waals surface area contributed by atoms with E-state index in [1.165, 1.54) is 6.07 Å². The number of amides is 1. The highest BCUT2D eigenvalue weighted by atomic mass is 16.6. The van der Waals surface area contributed by atoms with Crippen molar-refractivity contribution in [3.63, 3.8) is 0 Å². The lowest BCUT2D eigenvalue weighted by Crippen LogP contribution is -2.39. The van der Waals surface area contributed by atoms with E-state index >= 15 is 0 Å². The average Bonchev–Trinajstić information content (AvgIpc) is 2.61. The average molecular weight is 333 g/mol. The topological polar surface area (TPSA) is 75.9 Å². The number of nitrogens with zero attached hydrogens (tertiary/aromatic N) is 3. The molecule has 0 radical (unpaired) electrons. The van der Waals surface area contributed by atoms with Crippen LogP contribution in [0.15, 0.2) is 18.2 Å². The number of hydrogen-bond acceptors (Lipinski definition) is 5. The van der Waals surface area contributed by atoms with Crippen molar-refractivity contribution in [3.8, 4) is 0 Å². The standard InChI is InChI=1S/C17H23N3O4/c1-13-3-2-6-19(12-13)17(21)14-4-5-15(16(11-14)20(22)23)18-7-9-24-10-8-18/h4-5,11,13H,2-3,6-10,12H2,1H3. The van der Waals surface area contributed by atoms with Crippen LogP contribution in [0.4, 0.5) is 11.4 Å². The van der Waals surface area contributed by atoms with E-state index < -0.39 is 4.92 Å². The largest absolute Gasteiger partial charge is 0.378 e. The Labute approximate surface area is 141 Å². The van der Waals surface area contributed by atoms with Gasteiger partial charge < -0.3 is 14.5 Å². The van der Waals surface area contributed by atoms with E-state index in [0.29, 0.717) is 43.5 Å². The van der Waals surface area contributed by atoms with Gasteiger partial charge in [-0.15, -0.1) is 0 Å². The molecule has 0 aliphatic carbocycles. The second kappa shape index (κ2) is 7.17. The van der Waals surface area contributed by atoms with Crippen molar-refractivity contribution in [1.29, 1.82) is 0 Å². The molecule has 2 aliphatic heterocycles. The van der Waals surface area contributed by atoms with Crippen LogP contribution in [0.5, 0.6) is 0 Å².